The number of hydrogen-bond donors (Lipinski definition) is 2. The number of fused-ring (bicyclic) bond motifs is 1. The van der Waals surface area contributed by atoms with Gasteiger partial charge in [-0.25, -0.2) is 13.1 Å². The van der Waals surface area contributed by atoms with Crippen molar-refractivity contribution in [1.29, 1.82) is 0 Å². The Kier molecular flexibility index (Phi) is 6.98. The molecule has 38 heavy (non-hydrogen) atoms. The number of benzene rings is 3. The maximum atomic E-state index is 13.5. The van der Waals surface area contributed by atoms with Gasteiger partial charge in [0.05, 0.1) is 10.3 Å². The lowest BCUT2D eigenvalue weighted by Crippen LogP contribution is -2.33. The normalized spacial score (nSPS) is 15.2. The molecule has 1 heterocycles. The summed E-state index contributed by atoms with van der Waals surface area (Å²) in [6, 6.07) is 18.4. The average molecular weight is 535 g/mol. The van der Waals surface area contributed by atoms with Crippen LogP contribution in [0, 0.1) is 6.92 Å². The van der Waals surface area contributed by atoms with Gasteiger partial charge in [-0.1, -0.05) is 36.4 Å². The van der Waals surface area contributed by atoms with Crippen LogP contribution in [0.25, 0.3) is 11.1 Å². The maximum Gasteiger partial charge on any atom is 0.240 e. The SMILES string of the molecule is CC(=O)NCCNS(=O)(=O)c1ccc(-c2cc(CC(=O)C3(c4ccc5c(c4)OCO5)CC3)ccc2C)cc1. The lowest BCUT2D eigenvalue weighted by atomic mass is 9.87. The zero-order valence-corrected chi connectivity index (χ0v) is 22.2. The highest BCUT2D eigenvalue weighted by atomic mass is 32.2. The van der Waals surface area contributed by atoms with E-state index in [1.165, 1.54) is 6.92 Å². The van der Waals surface area contributed by atoms with Crippen LogP contribution in [0.4, 0.5) is 0 Å². The van der Waals surface area contributed by atoms with Crippen LogP contribution in [0.15, 0.2) is 65.6 Å². The molecule has 1 aliphatic carbocycles. The summed E-state index contributed by atoms with van der Waals surface area (Å²) in [6.07, 6.45) is 1.95. The van der Waals surface area contributed by atoms with Crippen molar-refractivity contribution < 1.29 is 27.5 Å². The molecule has 0 saturated heterocycles. The molecular formula is C29H30N2O6S. The number of amides is 1. The molecule has 5 rings (SSSR count). The number of ketones is 1. The van der Waals surface area contributed by atoms with Crippen LogP contribution in [-0.4, -0.2) is 40.0 Å². The van der Waals surface area contributed by atoms with E-state index in [4.69, 9.17) is 9.47 Å². The van der Waals surface area contributed by atoms with Crippen molar-refractivity contribution in [3.63, 3.8) is 0 Å². The second-order valence-electron chi connectivity index (χ2n) is 9.80. The minimum Gasteiger partial charge on any atom is -0.454 e. The Balaban J connectivity index is 1.30. The molecule has 1 fully saturated rings. The summed E-state index contributed by atoms with van der Waals surface area (Å²) in [4.78, 5) is 24.6. The van der Waals surface area contributed by atoms with E-state index in [9.17, 15) is 18.0 Å². The van der Waals surface area contributed by atoms with Crippen LogP contribution in [0.5, 0.6) is 11.5 Å². The molecule has 0 atom stereocenters. The topological polar surface area (TPSA) is 111 Å². The van der Waals surface area contributed by atoms with Crippen molar-refractivity contribution in [2.24, 2.45) is 0 Å². The molecule has 9 heteroatoms. The molecule has 1 saturated carbocycles. The van der Waals surface area contributed by atoms with Crippen LogP contribution in [-0.2, 0) is 31.4 Å². The monoisotopic (exact) mass is 534 g/mol. The molecule has 2 aliphatic rings. The Morgan fingerprint density at radius 1 is 0.921 bits per heavy atom. The fraction of sp³-hybridized carbons (Fsp3) is 0.310. The lowest BCUT2D eigenvalue weighted by molar-refractivity contribution is -0.121. The van der Waals surface area contributed by atoms with Crippen LogP contribution >= 0.6 is 0 Å². The van der Waals surface area contributed by atoms with E-state index in [0.717, 1.165) is 40.7 Å². The quantitative estimate of drug-likeness (QED) is 0.384. The summed E-state index contributed by atoms with van der Waals surface area (Å²) in [7, 11) is -3.69. The van der Waals surface area contributed by atoms with Crippen LogP contribution in [0.3, 0.4) is 0 Å². The van der Waals surface area contributed by atoms with E-state index >= 15 is 0 Å². The van der Waals surface area contributed by atoms with Gasteiger partial charge in [-0.2, -0.15) is 0 Å². The molecule has 0 unspecified atom stereocenters. The van der Waals surface area contributed by atoms with Crippen LogP contribution < -0.4 is 19.5 Å². The van der Waals surface area contributed by atoms with Crippen molar-refractivity contribution in [1.82, 2.24) is 10.0 Å². The second kappa shape index (κ2) is 10.2. The summed E-state index contributed by atoms with van der Waals surface area (Å²) in [5.74, 6) is 1.36. The van der Waals surface area contributed by atoms with Crippen molar-refractivity contribution in [2.45, 2.75) is 43.4 Å². The fourth-order valence-corrected chi connectivity index (χ4v) is 5.85. The molecule has 3 aromatic carbocycles. The van der Waals surface area contributed by atoms with Gasteiger partial charge in [0.15, 0.2) is 11.5 Å². The second-order valence-corrected chi connectivity index (χ2v) is 11.6. The predicted molar refractivity (Wildman–Crippen MR) is 143 cm³/mol. The first-order valence-corrected chi connectivity index (χ1v) is 14.0. The Morgan fingerprint density at radius 2 is 1.66 bits per heavy atom. The highest BCUT2D eigenvalue weighted by molar-refractivity contribution is 7.89. The number of nitrogens with one attached hydrogen (secondary N) is 2. The first-order chi connectivity index (χ1) is 18.2. The van der Waals surface area contributed by atoms with Gasteiger partial charge in [-0.15, -0.1) is 0 Å². The first-order valence-electron chi connectivity index (χ1n) is 12.6. The zero-order valence-electron chi connectivity index (χ0n) is 21.4. The van der Waals surface area contributed by atoms with Gasteiger partial charge < -0.3 is 14.8 Å². The highest BCUT2D eigenvalue weighted by Crippen LogP contribution is 2.51. The molecular weight excluding hydrogens is 504 g/mol. The summed E-state index contributed by atoms with van der Waals surface area (Å²) >= 11 is 0. The number of aryl methyl sites for hydroxylation is 1. The summed E-state index contributed by atoms with van der Waals surface area (Å²) in [5, 5.41) is 2.56. The number of Topliss-reactive ketones (excluding diaryl/α,β-unsaturated/α-hetero) is 1. The number of hydrogen-bond acceptors (Lipinski definition) is 6. The summed E-state index contributed by atoms with van der Waals surface area (Å²) in [5.41, 5.74) is 4.26. The number of sulfonamides is 1. The maximum absolute atomic E-state index is 13.5. The fourth-order valence-electron chi connectivity index (χ4n) is 4.81. The third-order valence-corrected chi connectivity index (χ3v) is 8.62. The smallest absolute Gasteiger partial charge is 0.240 e. The molecule has 1 aliphatic heterocycles. The standard InChI is InChI=1S/C29H30N2O6S/c1-19-3-4-21(16-28(33)29(11-12-29)23-7-10-26-27(17-23)37-18-36-26)15-25(19)22-5-8-24(9-6-22)38(34,35)31-14-13-30-20(2)32/h3-10,15,17,31H,11-14,16,18H2,1-2H3,(H,30,32). The average Bonchev–Trinajstić information content (AvgIpc) is 3.58. The van der Waals surface area contributed by atoms with E-state index in [1.807, 2.05) is 43.3 Å². The molecule has 3 aromatic rings. The zero-order chi connectivity index (χ0) is 26.9. The molecule has 0 bridgehead atoms. The van der Waals surface area contributed by atoms with Gasteiger partial charge in [0.25, 0.3) is 0 Å². The molecule has 0 spiro atoms. The Morgan fingerprint density at radius 3 is 2.37 bits per heavy atom. The van der Waals surface area contributed by atoms with Gasteiger partial charge in [-0.3, -0.25) is 9.59 Å². The predicted octanol–water partition coefficient (Wildman–Crippen LogP) is 3.65. The third kappa shape index (κ3) is 5.30. The summed E-state index contributed by atoms with van der Waals surface area (Å²) < 4.78 is 38.5. The lowest BCUT2D eigenvalue weighted by Gasteiger charge is -2.16. The molecule has 8 nitrogen and oxygen atoms in total. The van der Waals surface area contributed by atoms with Gasteiger partial charge in [0.2, 0.25) is 22.7 Å². The molecule has 1 amide bonds. The van der Waals surface area contributed by atoms with Gasteiger partial charge in [0, 0.05) is 26.4 Å². The van der Waals surface area contributed by atoms with Gasteiger partial charge in [-0.05, 0) is 71.8 Å². The highest BCUT2D eigenvalue weighted by Gasteiger charge is 2.50. The van der Waals surface area contributed by atoms with Crippen LogP contribution in [0.2, 0.25) is 0 Å². The summed E-state index contributed by atoms with van der Waals surface area (Å²) in [6.45, 7) is 3.89. The van der Waals surface area contributed by atoms with E-state index in [-0.39, 0.29) is 36.5 Å². The van der Waals surface area contributed by atoms with E-state index < -0.39 is 15.4 Å². The van der Waals surface area contributed by atoms with Crippen molar-refractivity contribution in [2.75, 3.05) is 19.9 Å². The minimum absolute atomic E-state index is 0.104. The van der Waals surface area contributed by atoms with Crippen LogP contribution in [0.1, 0.15) is 36.5 Å². The minimum atomic E-state index is -3.69. The Bertz CT molecular complexity index is 1490. The molecule has 0 radical (unpaired) electrons. The van der Waals surface area contributed by atoms with E-state index in [2.05, 4.69) is 10.0 Å². The van der Waals surface area contributed by atoms with Crippen molar-refractivity contribution in [3.8, 4) is 22.6 Å². The van der Waals surface area contributed by atoms with E-state index in [0.29, 0.717) is 17.9 Å². The molecule has 0 aromatic heterocycles. The van der Waals surface area contributed by atoms with Gasteiger partial charge in [0.1, 0.15) is 5.78 Å². The largest absolute Gasteiger partial charge is 0.454 e. The number of rotatable bonds is 10. The molecule has 2 N–H and O–H groups in total. The first kappa shape index (κ1) is 25.9. The third-order valence-electron chi connectivity index (χ3n) is 7.14. The number of carbonyl (C=O) groups excluding carboxylic acids is 2. The number of carbonyl (C=O) groups is 2. The van der Waals surface area contributed by atoms with E-state index in [1.54, 1.807) is 24.3 Å². The Hall–Kier alpha value is -3.69. The molecule has 198 valence electrons. The van der Waals surface area contributed by atoms with Crippen molar-refractivity contribution >= 4 is 21.7 Å². The van der Waals surface area contributed by atoms with Gasteiger partial charge >= 0.3 is 0 Å². The number of ether oxygens (including phenoxy) is 2. The van der Waals surface area contributed by atoms with Crippen molar-refractivity contribution in [3.05, 3.63) is 77.4 Å². The Labute approximate surface area is 222 Å².